The Balaban J connectivity index is 1.71. The molecule has 0 aliphatic rings. The Labute approximate surface area is 144 Å². The highest BCUT2D eigenvalue weighted by atomic mass is 16.3. The Hall–Kier alpha value is -3.13. The van der Waals surface area contributed by atoms with Crippen LogP contribution in [0.25, 0.3) is 11.5 Å². The molecule has 0 unspecified atom stereocenters. The van der Waals surface area contributed by atoms with Gasteiger partial charge in [0.05, 0.1) is 30.7 Å². The van der Waals surface area contributed by atoms with E-state index < -0.39 is 0 Å². The predicted molar refractivity (Wildman–Crippen MR) is 93.4 cm³/mol. The highest BCUT2D eigenvalue weighted by Crippen LogP contribution is 2.25. The number of oxazole rings is 1. The molecule has 0 saturated heterocycles. The number of anilines is 2. The number of hydrogen-bond donors (Lipinski definition) is 3. The van der Waals surface area contributed by atoms with E-state index in [0.717, 1.165) is 16.8 Å². The molecular formula is C17H19N5O3. The zero-order chi connectivity index (χ0) is 17.8. The van der Waals surface area contributed by atoms with E-state index in [2.05, 4.69) is 20.7 Å². The summed E-state index contributed by atoms with van der Waals surface area (Å²) in [5, 5.41) is 18.4. The van der Waals surface area contributed by atoms with Crippen molar-refractivity contribution in [2.24, 2.45) is 0 Å². The van der Waals surface area contributed by atoms with Crippen LogP contribution in [0.2, 0.25) is 0 Å². The minimum atomic E-state index is -0.382. The van der Waals surface area contributed by atoms with Crippen LogP contribution in [0.5, 0.6) is 0 Å². The van der Waals surface area contributed by atoms with Gasteiger partial charge in [-0.15, -0.1) is 0 Å². The average Bonchev–Trinajstić information content (AvgIpc) is 3.19. The number of amides is 2. The van der Waals surface area contributed by atoms with Crippen molar-refractivity contribution < 1.29 is 14.3 Å². The van der Waals surface area contributed by atoms with Crippen molar-refractivity contribution in [1.29, 1.82) is 0 Å². The van der Waals surface area contributed by atoms with Crippen molar-refractivity contribution in [3.05, 3.63) is 48.1 Å². The number of hydrogen-bond acceptors (Lipinski definition) is 5. The Bertz CT molecular complexity index is 884. The van der Waals surface area contributed by atoms with Gasteiger partial charge in [-0.25, -0.2) is 9.78 Å². The normalized spacial score (nSPS) is 10.7. The standard InChI is InChI=1S/C17H19N5O3/c1-11-3-4-13(16-19-12(2)10-25-16)7-15(11)21-17(24)20-14-8-18-22(9-14)5-6-23/h3-4,7-10,23H,5-6H2,1-2H3,(H2,20,21,24). The van der Waals surface area contributed by atoms with E-state index in [-0.39, 0.29) is 12.6 Å². The van der Waals surface area contributed by atoms with Gasteiger partial charge in [-0.1, -0.05) is 6.07 Å². The summed E-state index contributed by atoms with van der Waals surface area (Å²) in [5.41, 5.74) is 3.70. The summed E-state index contributed by atoms with van der Waals surface area (Å²) in [6.07, 6.45) is 4.75. The Morgan fingerprint density at radius 1 is 1.32 bits per heavy atom. The second-order valence-electron chi connectivity index (χ2n) is 5.62. The molecular weight excluding hydrogens is 322 g/mol. The molecule has 3 aromatic rings. The quantitative estimate of drug-likeness (QED) is 0.662. The van der Waals surface area contributed by atoms with Crippen molar-refractivity contribution in [2.45, 2.75) is 20.4 Å². The molecule has 1 aromatic carbocycles. The molecule has 0 saturated carbocycles. The maximum Gasteiger partial charge on any atom is 0.323 e. The highest BCUT2D eigenvalue weighted by Gasteiger charge is 2.10. The summed E-state index contributed by atoms with van der Waals surface area (Å²) in [7, 11) is 0. The molecule has 2 heterocycles. The second-order valence-corrected chi connectivity index (χ2v) is 5.62. The predicted octanol–water partition coefficient (Wildman–Crippen LogP) is 2.79. The van der Waals surface area contributed by atoms with Crippen LogP contribution in [0.1, 0.15) is 11.3 Å². The minimum absolute atomic E-state index is 0.0143. The maximum absolute atomic E-state index is 12.2. The van der Waals surface area contributed by atoms with Crippen molar-refractivity contribution in [3.8, 4) is 11.5 Å². The van der Waals surface area contributed by atoms with E-state index in [9.17, 15) is 4.79 Å². The lowest BCUT2D eigenvalue weighted by molar-refractivity contribution is 0.262. The smallest absolute Gasteiger partial charge is 0.323 e. The molecule has 2 aromatic heterocycles. The first-order valence-electron chi connectivity index (χ1n) is 7.79. The molecule has 0 aliphatic carbocycles. The fourth-order valence-electron chi connectivity index (χ4n) is 2.31. The number of benzene rings is 1. The summed E-state index contributed by atoms with van der Waals surface area (Å²) in [6, 6.07) is 5.22. The fraction of sp³-hybridized carbons (Fsp3) is 0.235. The van der Waals surface area contributed by atoms with E-state index in [1.807, 2.05) is 32.0 Å². The van der Waals surface area contributed by atoms with Crippen molar-refractivity contribution in [2.75, 3.05) is 17.2 Å². The molecule has 3 rings (SSSR count). The molecule has 8 heteroatoms. The number of aromatic nitrogens is 3. The summed E-state index contributed by atoms with van der Waals surface area (Å²) in [4.78, 5) is 16.5. The molecule has 2 amide bonds. The first-order chi connectivity index (χ1) is 12.0. The number of nitrogens with one attached hydrogen (secondary N) is 2. The lowest BCUT2D eigenvalue weighted by Gasteiger charge is -2.10. The van der Waals surface area contributed by atoms with Gasteiger partial charge in [0.2, 0.25) is 5.89 Å². The largest absolute Gasteiger partial charge is 0.444 e. The first-order valence-corrected chi connectivity index (χ1v) is 7.79. The van der Waals surface area contributed by atoms with E-state index in [1.165, 1.54) is 6.20 Å². The van der Waals surface area contributed by atoms with Crippen LogP contribution in [-0.4, -0.2) is 32.5 Å². The van der Waals surface area contributed by atoms with Crippen LogP contribution < -0.4 is 10.6 Å². The van der Waals surface area contributed by atoms with E-state index >= 15 is 0 Å². The highest BCUT2D eigenvalue weighted by molar-refractivity contribution is 6.00. The van der Waals surface area contributed by atoms with Gasteiger partial charge in [0.15, 0.2) is 0 Å². The molecule has 0 fully saturated rings. The SMILES string of the molecule is Cc1coc(-c2ccc(C)c(NC(=O)Nc3cnn(CCO)c3)c2)n1. The Kier molecular flexibility index (Phi) is 4.80. The minimum Gasteiger partial charge on any atom is -0.444 e. The fourth-order valence-corrected chi connectivity index (χ4v) is 2.31. The van der Waals surface area contributed by atoms with Crippen molar-refractivity contribution in [3.63, 3.8) is 0 Å². The van der Waals surface area contributed by atoms with E-state index in [0.29, 0.717) is 23.8 Å². The third-order valence-electron chi connectivity index (χ3n) is 3.57. The van der Waals surface area contributed by atoms with Gasteiger partial charge in [0, 0.05) is 17.4 Å². The molecule has 0 spiro atoms. The zero-order valence-corrected chi connectivity index (χ0v) is 14.0. The molecule has 8 nitrogen and oxygen atoms in total. The molecule has 0 radical (unpaired) electrons. The van der Waals surface area contributed by atoms with Gasteiger partial charge in [-0.2, -0.15) is 5.10 Å². The van der Waals surface area contributed by atoms with E-state index in [1.54, 1.807) is 17.1 Å². The third-order valence-corrected chi connectivity index (χ3v) is 3.57. The lowest BCUT2D eigenvalue weighted by Crippen LogP contribution is -2.19. The number of carbonyl (C=O) groups excluding carboxylic acids is 1. The summed E-state index contributed by atoms with van der Waals surface area (Å²) in [5.74, 6) is 0.506. The Morgan fingerprint density at radius 3 is 2.88 bits per heavy atom. The number of aliphatic hydroxyl groups excluding tert-OH is 1. The molecule has 25 heavy (non-hydrogen) atoms. The van der Waals surface area contributed by atoms with Gasteiger partial charge < -0.3 is 20.2 Å². The van der Waals surface area contributed by atoms with Gasteiger partial charge in [0.1, 0.15) is 6.26 Å². The third kappa shape index (κ3) is 4.04. The molecule has 3 N–H and O–H groups in total. The van der Waals surface area contributed by atoms with Crippen LogP contribution in [-0.2, 0) is 6.54 Å². The van der Waals surface area contributed by atoms with Crippen molar-refractivity contribution in [1.82, 2.24) is 14.8 Å². The molecule has 0 atom stereocenters. The van der Waals surface area contributed by atoms with Crippen LogP contribution in [0.3, 0.4) is 0 Å². The summed E-state index contributed by atoms with van der Waals surface area (Å²) in [6.45, 7) is 4.11. The topological polar surface area (TPSA) is 105 Å². The van der Waals surface area contributed by atoms with Crippen molar-refractivity contribution >= 4 is 17.4 Å². The molecule has 0 bridgehead atoms. The number of aryl methyl sites for hydroxylation is 2. The van der Waals surface area contributed by atoms with Crippen LogP contribution >= 0.6 is 0 Å². The number of carbonyl (C=O) groups is 1. The van der Waals surface area contributed by atoms with Gasteiger partial charge in [-0.05, 0) is 31.5 Å². The summed E-state index contributed by atoms with van der Waals surface area (Å²) < 4.78 is 6.95. The van der Waals surface area contributed by atoms with Gasteiger partial charge in [0.25, 0.3) is 0 Å². The number of nitrogens with zero attached hydrogens (tertiary/aromatic N) is 3. The zero-order valence-electron chi connectivity index (χ0n) is 14.0. The number of urea groups is 1. The second kappa shape index (κ2) is 7.18. The van der Waals surface area contributed by atoms with Crippen LogP contribution in [0.4, 0.5) is 16.2 Å². The van der Waals surface area contributed by atoms with E-state index in [4.69, 9.17) is 9.52 Å². The number of aliphatic hydroxyl groups is 1. The van der Waals surface area contributed by atoms with Crippen LogP contribution in [0, 0.1) is 13.8 Å². The monoisotopic (exact) mass is 341 g/mol. The molecule has 0 aliphatic heterocycles. The summed E-state index contributed by atoms with van der Waals surface area (Å²) >= 11 is 0. The maximum atomic E-state index is 12.2. The first kappa shape index (κ1) is 16.7. The van der Waals surface area contributed by atoms with Gasteiger partial charge in [-0.3, -0.25) is 4.68 Å². The molecule has 130 valence electrons. The Morgan fingerprint density at radius 2 is 2.16 bits per heavy atom. The average molecular weight is 341 g/mol. The lowest BCUT2D eigenvalue weighted by atomic mass is 10.1. The van der Waals surface area contributed by atoms with Gasteiger partial charge >= 0.3 is 6.03 Å². The van der Waals surface area contributed by atoms with Crippen LogP contribution in [0.15, 0.2) is 41.3 Å². The number of rotatable bonds is 5.